The van der Waals surface area contributed by atoms with Crippen LogP contribution >= 0.6 is 0 Å². The Morgan fingerprint density at radius 3 is 2.48 bits per heavy atom. The highest BCUT2D eigenvalue weighted by molar-refractivity contribution is 5.81. The van der Waals surface area contributed by atoms with Gasteiger partial charge in [0.05, 0.1) is 12.2 Å². The fraction of sp³-hybridized carbons (Fsp3) is 0.375. The maximum absolute atomic E-state index is 11.7. The number of carbonyl (C=O) groups excluding carboxylic acids is 1. The molecule has 112 valence electrons. The molecular formula is C16H22N4O. The molecule has 2 rings (SSSR count). The van der Waals surface area contributed by atoms with Crippen LogP contribution in [-0.4, -0.2) is 21.7 Å². The van der Waals surface area contributed by atoms with Gasteiger partial charge in [0, 0.05) is 12.2 Å². The number of hydrogen-bond acceptors (Lipinski definition) is 3. The lowest BCUT2D eigenvalue weighted by atomic mass is 10.0. The van der Waals surface area contributed by atoms with Gasteiger partial charge in [-0.1, -0.05) is 30.3 Å². The van der Waals surface area contributed by atoms with Crippen LogP contribution in [0.25, 0.3) is 0 Å². The van der Waals surface area contributed by atoms with Crippen LogP contribution in [0.5, 0.6) is 0 Å². The summed E-state index contributed by atoms with van der Waals surface area (Å²) < 4.78 is 1.90. The minimum atomic E-state index is -0.500. The highest BCUT2D eigenvalue weighted by atomic mass is 16.1. The number of aromatic nitrogens is 2. The minimum Gasteiger partial charge on any atom is -0.368 e. The molecule has 21 heavy (non-hydrogen) atoms. The van der Waals surface area contributed by atoms with Crippen molar-refractivity contribution in [3.63, 3.8) is 0 Å². The Labute approximate surface area is 125 Å². The molecule has 1 amide bonds. The van der Waals surface area contributed by atoms with E-state index < -0.39 is 6.04 Å². The third-order valence-electron chi connectivity index (χ3n) is 3.72. The van der Waals surface area contributed by atoms with E-state index in [0.717, 1.165) is 11.1 Å². The normalized spacial score (nSPS) is 15.4. The van der Waals surface area contributed by atoms with Gasteiger partial charge in [-0.05, 0) is 31.9 Å². The molecule has 0 bridgehead atoms. The summed E-state index contributed by atoms with van der Waals surface area (Å²) in [6.07, 6.45) is 3.82. The van der Waals surface area contributed by atoms with Crippen molar-refractivity contribution < 1.29 is 4.79 Å². The van der Waals surface area contributed by atoms with Crippen molar-refractivity contribution in [1.82, 2.24) is 15.1 Å². The van der Waals surface area contributed by atoms with E-state index in [1.54, 1.807) is 0 Å². The van der Waals surface area contributed by atoms with Crippen LogP contribution in [0.1, 0.15) is 37.1 Å². The Hall–Kier alpha value is -2.14. The predicted molar refractivity (Wildman–Crippen MR) is 82.7 cm³/mol. The first-order valence-electron chi connectivity index (χ1n) is 7.10. The van der Waals surface area contributed by atoms with Gasteiger partial charge in [-0.25, -0.2) is 0 Å². The van der Waals surface area contributed by atoms with E-state index in [0.29, 0.717) is 0 Å². The zero-order valence-corrected chi connectivity index (χ0v) is 12.7. The molecule has 0 radical (unpaired) electrons. The van der Waals surface area contributed by atoms with Crippen LogP contribution in [0.15, 0.2) is 42.7 Å². The number of hydrogen-bond donors (Lipinski definition) is 2. The summed E-state index contributed by atoms with van der Waals surface area (Å²) >= 11 is 0. The first-order valence-corrected chi connectivity index (χ1v) is 7.10. The molecule has 0 unspecified atom stereocenters. The number of benzene rings is 1. The monoisotopic (exact) mass is 286 g/mol. The minimum absolute atomic E-state index is 0.0435. The summed E-state index contributed by atoms with van der Waals surface area (Å²) in [6, 6.07) is 9.18. The van der Waals surface area contributed by atoms with E-state index in [-0.39, 0.29) is 18.0 Å². The SMILES string of the molecule is Cc1cnn([C@H](C)[C@H](C)N[C@H](C(N)=O)c2ccccc2)c1. The summed E-state index contributed by atoms with van der Waals surface area (Å²) in [5.41, 5.74) is 7.53. The fourth-order valence-electron chi connectivity index (χ4n) is 2.28. The zero-order chi connectivity index (χ0) is 15.4. The molecule has 1 aromatic heterocycles. The van der Waals surface area contributed by atoms with Gasteiger partial charge >= 0.3 is 0 Å². The van der Waals surface area contributed by atoms with Crippen LogP contribution in [0.4, 0.5) is 0 Å². The molecule has 0 spiro atoms. The lowest BCUT2D eigenvalue weighted by Gasteiger charge is -2.26. The molecule has 3 atom stereocenters. The number of nitrogens with zero attached hydrogens (tertiary/aromatic N) is 2. The fourth-order valence-corrected chi connectivity index (χ4v) is 2.28. The second-order valence-corrected chi connectivity index (χ2v) is 5.44. The van der Waals surface area contributed by atoms with Gasteiger partial charge in [0.2, 0.25) is 5.91 Å². The van der Waals surface area contributed by atoms with Crippen molar-refractivity contribution in [2.75, 3.05) is 0 Å². The van der Waals surface area contributed by atoms with Gasteiger partial charge < -0.3 is 5.73 Å². The van der Waals surface area contributed by atoms with Crippen LogP contribution in [-0.2, 0) is 4.79 Å². The van der Waals surface area contributed by atoms with E-state index in [1.165, 1.54) is 0 Å². The first-order chi connectivity index (χ1) is 9.99. The molecule has 0 aliphatic carbocycles. The molecule has 5 nitrogen and oxygen atoms in total. The summed E-state index contributed by atoms with van der Waals surface area (Å²) in [5.74, 6) is -0.378. The average molecular weight is 286 g/mol. The number of amides is 1. The molecule has 0 aliphatic heterocycles. The number of nitrogens with one attached hydrogen (secondary N) is 1. The third kappa shape index (κ3) is 3.70. The summed E-state index contributed by atoms with van der Waals surface area (Å²) in [4.78, 5) is 11.7. The molecule has 3 N–H and O–H groups in total. The van der Waals surface area contributed by atoms with Crippen molar-refractivity contribution in [1.29, 1.82) is 0 Å². The Morgan fingerprint density at radius 2 is 1.95 bits per heavy atom. The number of nitrogens with two attached hydrogens (primary N) is 1. The van der Waals surface area contributed by atoms with Gasteiger partial charge in [0.25, 0.3) is 0 Å². The quantitative estimate of drug-likeness (QED) is 0.852. The molecule has 1 heterocycles. The number of aryl methyl sites for hydroxylation is 1. The average Bonchev–Trinajstić information content (AvgIpc) is 2.90. The Bertz CT molecular complexity index is 593. The molecule has 1 aromatic carbocycles. The van der Waals surface area contributed by atoms with Gasteiger partial charge in [0.15, 0.2) is 0 Å². The highest BCUT2D eigenvalue weighted by Gasteiger charge is 2.23. The first kappa shape index (κ1) is 15.3. The third-order valence-corrected chi connectivity index (χ3v) is 3.72. The molecule has 0 saturated carbocycles. The largest absolute Gasteiger partial charge is 0.368 e. The van der Waals surface area contributed by atoms with Gasteiger partial charge in [-0.15, -0.1) is 0 Å². The summed E-state index contributed by atoms with van der Waals surface area (Å²) in [6.45, 7) is 6.10. The summed E-state index contributed by atoms with van der Waals surface area (Å²) in [7, 11) is 0. The Balaban J connectivity index is 2.12. The second-order valence-electron chi connectivity index (χ2n) is 5.44. The number of primary amides is 1. The molecule has 5 heteroatoms. The van der Waals surface area contributed by atoms with E-state index in [2.05, 4.69) is 17.3 Å². The van der Waals surface area contributed by atoms with Gasteiger partial charge in [0.1, 0.15) is 6.04 Å². The van der Waals surface area contributed by atoms with Crippen LogP contribution < -0.4 is 11.1 Å². The van der Waals surface area contributed by atoms with Crippen molar-refractivity contribution in [2.24, 2.45) is 5.73 Å². The van der Waals surface area contributed by atoms with E-state index in [4.69, 9.17) is 5.73 Å². The van der Waals surface area contributed by atoms with Gasteiger partial charge in [-0.2, -0.15) is 5.10 Å². The van der Waals surface area contributed by atoms with Crippen molar-refractivity contribution in [3.05, 3.63) is 53.9 Å². The van der Waals surface area contributed by atoms with Gasteiger partial charge in [-0.3, -0.25) is 14.8 Å². The van der Waals surface area contributed by atoms with Crippen molar-refractivity contribution >= 4 is 5.91 Å². The highest BCUT2D eigenvalue weighted by Crippen LogP contribution is 2.17. The lowest BCUT2D eigenvalue weighted by molar-refractivity contribution is -0.120. The van der Waals surface area contributed by atoms with Crippen molar-refractivity contribution in [3.8, 4) is 0 Å². The molecule has 0 aliphatic rings. The Kier molecular flexibility index (Phi) is 4.75. The number of rotatable bonds is 6. The molecular weight excluding hydrogens is 264 g/mol. The van der Waals surface area contributed by atoms with E-state index in [9.17, 15) is 4.79 Å². The maximum Gasteiger partial charge on any atom is 0.239 e. The molecule has 0 fully saturated rings. The summed E-state index contributed by atoms with van der Waals surface area (Å²) in [5, 5.41) is 7.63. The topological polar surface area (TPSA) is 72.9 Å². The van der Waals surface area contributed by atoms with E-state index >= 15 is 0 Å². The standard InChI is InChI=1S/C16H22N4O/c1-11-9-18-20(10-11)13(3)12(2)19-15(16(17)21)14-7-5-4-6-8-14/h4-10,12-13,15,19H,1-3H3,(H2,17,21)/t12-,13+,15-/m0/s1. The molecule has 2 aromatic rings. The Morgan fingerprint density at radius 1 is 1.29 bits per heavy atom. The van der Waals surface area contributed by atoms with Crippen LogP contribution in [0.2, 0.25) is 0 Å². The number of carbonyl (C=O) groups is 1. The zero-order valence-electron chi connectivity index (χ0n) is 12.7. The maximum atomic E-state index is 11.7. The van der Waals surface area contributed by atoms with Crippen LogP contribution in [0.3, 0.4) is 0 Å². The van der Waals surface area contributed by atoms with Crippen molar-refractivity contribution in [2.45, 2.75) is 38.9 Å². The lowest BCUT2D eigenvalue weighted by Crippen LogP contribution is -2.42. The smallest absolute Gasteiger partial charge is 0.239 e. The second kappa shape index (κ2) is 6.54. The van der Waals surface area contributed by atoms with E-state index in [1.807, 2.05) is 61.3 Å². The predicted octanol–water partition coefficient (Wildman–Crippen LogP) is 1.96. The van der Waals surface area contributed by atoms with Crippen LogP contribution in [0, 0.1) is 6.92 Å². The molecule has 0 saturated heterocycles.